The van der Waals surface area contributed by atoms with Crippen LogP contribution in [0, 0.1) is 0 Å². The molecule has 0 N–H and O–H groups in total. The lowest BCUT2D eigenvalue weighted by molar-refractivity contribution is -0.00810. The second-order valence-corrected chi connectivity index (χ2v) is 15.7. The van der Waals surface area contributed by atoms with Gasteiger partial charge in [0, 0.05) is 21.8 Å². The average Bonchev–Trinajstić information content (AvgIpc) is 2.66. The molecule has 0 spiro atoms. The zero-order valence-electron chi connectivity index (χ0n) is 19.0. The van der Waals surface area contributed by atoms with Crippen molar-refractivity contribution in [2.24, 2.45) is 0 Å². The van der Waals surface area contributed by atoms with Gasteiger partial charge in [-0.15, -0.1) is 23.5 Å². The van der Waals surface area contributed by atoms with Gasteiger partial charge in [-0.1, -0.05) is 60.7 Å². The molecule has 5 heteroatoms. The molecule has 2 aromatic carbocycles. The Kier molecular flexibility index (Phi) is 9.66. The van der Waals surface area contributed by atoms with E-state index in [1.165, 1.54) is 15.4 Å². The van der Waals surface area contributed by atoms with Crippen LogP contribution in [0.3, 0.4) is 0 Å². The van der Waals surface area contributed by atoms with Gasteiger partial charge in [-0.05, 0) is 57.6 Å². The molecule has 0 fully saturated rings. The maximum absolute atomic E-state index is 6.20. The van der Waals surface area contributed by atoms with E-state index < -0.39 is 8.32 Å². The average molecular weight is 459 g/mol. The molecule has 0 aliphatic heterocycles. The summed E-state index contributed by atoms with van der Waals surface area (Å²) in [7, 11) is -1.77. The van der Waals surface area contributed by atoms with E-state index in [0.29, 0.717) is 5.95 Å². The van der Waals surface area contributed by atoms with E-state index in [1.807, 2.05) is 50.4 Å². The number of benzene rings is 2. The first-order chi connectivity index (χ1) is 14.1. The normalized spacial score (nSPS) is 12.4. The number of ether oxygens (including phenoxy) is 1. The standard InChI is InChI=1S/C25H34O2S2Si/c1-25(2,3)26-23(27-30(4,5)6)17-18-24(28-19-21-13-9-7-10-14-21)29-20-22-15-11-8-12-16-22/h7-18H,19-20H2,1-6H3/b23-17+. The quantitative estimate of drug-likeness (QED) is 0.203. The SMILES string of the molecule is CC(C)(C)O/C(=C\C=C(SCc1ccccc1)SCc1ccccc1)O[Si](C)(C)C. The van der Waals surface area contributed by atoms with Crippen molar-refractivity contribution in [3.63, 3.8) is 0 Å². The summed E-state index contributed by atoms with van der Waals surface area (Å²) in [5, 5.41) is 0. The van der Waals surface area contributed by atoms with Gasteiger partial charge in [-0.25, -0.2) is 0 Å². The molecule has 2 nitrogen and oxygen atoms in total. The lowest BCUT2D eigenvalue weighted by Crippen LogP contribution is -2.29. The molecule has 0 bridgehead atoms. The van der Waals surface area contributed by atoms with Gasteiger partial charge in [0.25, 0.3) is 5.95 Å². The third-order valence-corrected chi connectivity index (χ3v) is 6.93. The van der Waals surface area contributed by atoms with Crippen LogP contribution < -0.4 is 0 Å². The van der Waals surface area contributed by atoms with Crippen LogP contribution in [0.25, 0.3) is 0 Å². The molecule has 0 saturated heterocycles. The van der Waals surface area contributed by atoms with Crippen LogP contribution in [0.2, 0.25) is 19.6 Å². The van der Waals surface area contributed by atoms with Crippen LogP contribution in [0.15, 0.2) is 83.0 Å². The first-order valence-electron chi connectivity index (χ1n) is 10.2. The molecule has 2 aromatic rings. The molecule has 0 aliphatic rings. The van der Waals surface area contributed by atoms with Crippen molar-refractivity contribution in [1.82, 2.24) is 0 Å². The van der Waals surface area contributed by atoms with Crippen molar-refractivity contribution in [1.29, 1.82) is 0 Å². The fourth-order valence-corrected chi connectivity index (χ4v) is 5.16. The van der Waals surface area contributed by atoms with E-state index in [1.54, 1.807) is 0 Å². The monoisotopic (exact) mass is 458 g/mol. The van der Waals surface area contributed by atoms with E-state index in [9.17, 15) is 0 Å². The van der Waals surface area contributed by atoms with E-state index in [4.69, 9.17) is 9.16 Å². The van der Waals surface area contributed by atoms with Gasteiger partial charge in [-0.2, -0.15) is 0 Å². The highest BCUT2D eigenvalue weighted by Crippen LogP contribution is 2.34. The van der Waals surface area contributed by atoms with Crippen molar-refractivity contribution >= 4 is 31.8 Å². The fourth-order valence-electron chi connectivity index (χ4n) is 2.42. The molecule has 0 aliphatic carbocycles. The summed E-state index contributed by atoms with van der Waals surface area (Å²) in [4.78, 5) is 0. The first-order valence-corrected chi connectivity index (χ1v) is 15.6. The Hall–Kier alpha value is -1.56. The molecule has 0 amide bonds. The lowest BCUT2D eigenvalue weighted by atomic mass is 10.2. The minimum Gasteiger partial charge on any atom is -0.520 e. The van der Waals surface area contributed by atoms with Gasteiger partial charge in [0.1, 0.15) is 5.60 Å². The summed E-state index contributed by atoms with van der Waals surface area (Å²) in [5.74, 6) is 2.49. The third-order valence-electron chi connectivity index (χ3n) is 3.62. The van der Waals surface area contributed by atoms with Gasteiger partial charge in [0.15, 0.2) is 0 Å². The van der Waals surface area contributed by atoms with Crippen molar-refractivity contribution in [3.05, 3.63) is 94.1 Å². The number of hydrogen-bond donors (Lipinski definition) is 0. The van der Waals surface area contributed by atoms with E-state index in [2.05, 4.69) is 86.4 Å². The smallest absolute Gasteiger partial charge is 0.265 e. The Morgan fingerprint density at radius 1 is 0.800 bits per heavy atom. The molecule has 0 unspecified atom stereocenters. The van der Waals surface area contributed by atoms with Gasteiger partial charge in [0.2, 0.25) is 8.32 Å². The van der Waals surface area contributed by atoms with E-state index >= 15 is 0 Å². The Bertz CT molecular complexity index is 756. The predicted molar refractivity (Wildman–Crippen MR) is 137 cm³/mol. The number of allylic oxidation sites excluding steroid dienone is 2. The number of hydrogen-bond acceptors (Lipinski definition) is 4. The Labute approximate surface area is 192 Å². The van der Waals surface area contributed by atoms with Crippen molar-refractivity contribution in [3.8, 4) is 0 Å². The zero-order valence-corrected chi connectivity index (χ0v) is 21.6. The molecule has 0 saturated carbocycles. The largest absolute Gasteiger partial charge is 0.520 e. The van der Waals surface area contributed by atoms with Gasteiger partial charge >= 0.3 is 0 Å². The highest BCUT2D eigenvalue weighted by atomic mass is 32.2. The van der Waals surface area contributed by atoms with Crippen LogP contribution in [-0.4, -0.2) is 13.9 Å². The van der Waals surface area contributed by atoms with Crippen LogP contribution >= 0.6 is 23.5 Å². The maximum atomic E-state index is 6.20. The molecular weight excluding hydrogens is 424 g/mol. The summed E-state index contributed by atoms with van der Waals surface area (Å²) in [6.45, 7) is 12.7. The fraction of sp³-hybridized carbons (Fsp3) is 0.360. The summed E-state index contributed by atoms with van der Waals surface area (Å²) in [6.07, 6.45) is 4.14. The summed E-state index contributed by atoms with van der Waals surface area (Å²) >= 11 is 3.70. The molecule has 0 aromatic heterocycles. The van der Waals surface area contributed by atoms with E-state index in [0.717, 1.165) is 11.5 Å². The first kappa shape index (κ1) is 24.7. The highest BCUT2D eigenvalue weighted by molar-refractivity contribution is 8.21. The van der Waals surface area contributed by atoms with Gasteiger partial charge in [0.05, 0.1) is 0 Å². The van der Waals surface area contributed by atoms with Crippen LogP contribution in [-0.2, 0) is 20.7 Å². The summed E-state index contributed by atoms with van der Waals surface area (Å²) in [6, 6.07) is 21.2. The minimum atomic E-state index is -1.77. The second kappa shape index (κ2) is 11.7. The van der Waals surface area contributed by atoms with Crippen LogP contribution in [0.5, 0.6) is 0 Å². The highest BCUT2D eigenvalue weighted by Gasteiger charge is 2.22. The molecule has 0 atom stereocenters. The molecule has 0 heterocycles. The van der Waals surface area contributed by atoms with Crippen molar-refractivity contribution in [2.45, 2.75) is 57.5 Å². The Morgan fingerprint density at radius 2 is 1.27 bits per heavy atom. The van der Waals surface area contributed by atoms with E-state index in [-0.39, 0.29) is 5.60 Å². The third kappa shape index (κ3) is 11.0. The molecule has 30 heavy (non-hydrogen) atoms. The Morgan fingerprint density at radius 3 is 1.67 bits per heavy atom. The van der Waals surface area contributed by atoms with Crippen molar-refractivity contribution in [2.75, 3.05) is 0 Å². The van der Waals surface area contributed by atoms with Gasteiger partial charge < -0.3 is 9.16 Å². The zero-order chi connectivity index (χ0) is 22.0. The molecule has 2 rings (SSSR count). The lowest BCUT2D eigenvalue weighted by Gasteiger charge is -2.28. The topological polar surface area (TPSA) is 18.5 Å². The number of thioether (sulfide) groups is 2. The second-order valence-electron chi connectivity index (χ2n) is 8.95. The predicted octanol–water partition coefficient (Wildman–Crippen LogP) is 8.20. The minimum absolute atomic E-state index is 0.298. The van der Waals surface area contributed by atoms with Crippen LogP contribution in [0.4, 0.5) is 0 Å². The number of rotatable bonds is 10. The molecule has 0 radical (unpaired) electrons. The molecular formula is C25H34O2S2Si. The van der Waals surface area contributed by atoms with Crippen molar-refractivity contribution < 1.29 is 9.16 Å². The Balaban J connectivity index is 2.19. The molecule has 162 valence electrons. The van der Waals surface area contributed by atoms with Crippen LogP contribution in [0.1, 0.15) is 31.9 Å². The summed E-state index contributed by atoms with van der Waals surface area (Å²) < 4.78 is 13.6. The van der Waals surface area contributed by atoms with Gasteiger partial charge in [-0.3, -0.25) is 0 Å². The summed E-state index contributed by atoms with van der Waals surface area (Å²) in [5.41, 5.74) is 2.35. The maximum Gasteiger partial charge on any atom is 0.265 e.